The van der Waals surface area contributed by atoms with Gasteiger partial charge < -0.3 is 10.6 Å². The minimum atomic E-state index is -0.517. The maximum Gasteiger partial charge on any atom is 0.253 e. The summed E-state index contributed by atoms with van der Waals surface area (Å²) in [4.78, 5) is 25.0. The quantitative estimate of drug-likeness (QED) is 0.818. The predicted molar refractivity (Wildman–Crippen MR) is 95.2 cm³/mol. The molecule has 5 heteroatoms. The van der Waals surface area contributed by atoms with Crippen LogP contribution in [0.4, 0.5) is 0 Å². The third kappa shape index (κ3) is 5.06. The standard InChI is InChI=1S/C18H25BrN2O2/c1-12(2)16(18(23)20-13-8-4-3-5-9-13)21-17(22)14-10-6-7-11-15(14)19/h6-7,10-13,16H,3-5,8-9H2,1-2H3,(H,20,23)(H,21,22). The molecule has 0 bridgehead atoms. The zero-order chi connectivity index (χ0) is 16.8. The van der Waals surface area contributed by atoms with E-state index in [4.69, 9.17) is 0 Å². The molecular weight excluding hydrogens is 356 g/mol. The van der Waals surface area contributed by atoms with Gasteiger partial charge in [0.05, 0.1) is 5.56 Å². The van der Waals surface area contributed by atoms with Crippen LogP contribution >= 0.6 is 15.9 Å². The molecule has 2 amide bonds. The summed E-state index contributed by atoms with van der Waals surface area (Å²) in [5.74, 6) is -0.271. The second-order valence-corrected chi connectivity index (χ2v) is 7.37. The topological polar surface area (TPSA) is 58.2 Å². The van der Waals surface area contributed by atoms with Crippen LogP contribution in [-0.2, 0) is 4.79 Å². The van der Waals surface area contributed by atoms with Crippen LogP contribution in [0, 0.1) is 5.92 Å². The van der Waals surface area contributed by atoms with Crippen LogP contribution in [0.25, 0.3) is 0 Å². The fourth-order valence-electron chi connectivity index (χ4n) is 2.94. The Bertz CT molecular complexity index is 554. The summed E-state index contributed by atoms with van der Waals surface area (Å²) >= 11 is 3.38. The minimum Gasteiger partial charge on any atom is -0.352 e. The van der Waals surface area contributed by atoms with Crippen molar-refractivity contribution in [3.63, 3.8) is 0 Å². The molecule has 4 nitrogen and oxygen atoms in total. The highest BCUT2D eigenvalue weighted by Gasteiger charge is 2.27. The van der Waals surface area contributed by atoms with Gasteiger partial charge in [-0.3, -0.25) is 9.59 Å². The number of nitrogens with one attached hydrogen (secondary N) is 2. The van der Waals surface area contributed by atoms with E-state index in [1.165, 1.54) is 19.3 Å². The molecular formula is C18H25BrN2O2. The second-order valence-electron chi connectivity index (χ2n) is 6.52. The molecule has 0 aliphatic heterocycles. The first-order valence-electron chi connectivity index (χ1n) is 8.35. The summed E-state index contributed by atoms with van der Waals surface area (Å²) in [5.41, 5.74) is 0.545. The predicted octanol–water partition coefficient (Wildman–Crippen LogP) is 3.65. The number of carbonyl (C=O) groups excluding carboxylic acids is 2. The van der Waals surface area contributed by atoms with Crippen molar-refractivity contribution in [2.24, 2.45) is 5.92 Å². The second kappa shape index (κ2) is 8.48. The van der Waals surface area contributed by atoms with Gasteiger partial charge in [0, 0.05) is 10.5 Å². The number of amides is 2. The molecule has 126 valence electrons. The molecule has 1 aliphatic carbocycles. The number of carbonyl (C=O) groups is 2. The summed E-state index contributed by atoms with van der Waals surface area (Å²) in [6.07, 6.45) is 5.66. The van der Waals surface area contributed by atoms with E-state index in [0.717, 1.165) is 17.3 Å². The van der Waals surface area contributed by atoms with E-state index >= 15 is 0 Å². The number of hydrogen-bond acceptors (Lipinski definition) is 2. The van der Waals surface area contributed by atoms with E-state index in [2.05, 4.69) is 26.6 Å². The van der Waals surface area contributed by atoms with Crippen molar-refractivity contribution in [1.82, 2.24) is 10.6 Å². The highest BCUT2D eigenvalue weighted by Crippen LogP contribution is 2.19. The monoisotopic (exact) mass is 380 g/mol. The third-order valence-electron chi connectivity index (χ3n) is 4.31. The molecule has 1 saturated carbocycles. The number of benzene rings is 1. The first kappa shape index (κ1) is 18.0. The van der Waals surface area contributed by atoms with E-state index in [0.29, 0.717) is 5.56 Å². The minimum absolute atomic E-state index is 0.0324. The Labute approximate surface area is 146 Å². The van der Waals surface area contributed by atoms with Crippen LogP contribution in [0.1, 0.15) is 56.3 Å². The Kier molecular flexibility index (Phi) is 6.63. The summed E-state index contributed by atoms with van der Waals surface area (Å²) in [7, 11) is 0. The largest absolute Gasteiger partial charge is 0.352 e. The van der Waals surface area contributed by atoms with Gasteiger partial charge in [-0.2, -0.15) is 0 Å². The summed E-state index contributed by atoms with van der Waals surface area (Å²) < 4.78 is 0.729. The van der Waals surface area contributed by atoms with E-state index in [1.807, 2.05) is 32.0 Å². The molecule has 2 N–H and O–H groups in total. The van der Waals surface area contributed by atoms with Crippen molar-refractivity contribution in [3.05, 3.63) is 34.3 Å². The first-order chi connectivity index (χ1) is 11.0. The van der Waals surface area contributed by atoms with Crippen LogP contribution in [0.3, 0.4) is 0 Å². The molecule has 1 atom stereocenters. The lowest BCUT2D eigenvalue weighted by atomic mass is 9.94. The van der Waals surface area contributed by atoms with Crippen molar-refractivity contribution in [3.8, 4) is 0 Å². The zero-order valence-corrected chi connectivity index (χ0v) is 15.4. The van der Waals surface area contributed by atoms with E-state index in [9.17, 15) is 9.59 Å². The molecule has 1 aromatic carbocycles. The molecule has 1 unspecified atom stereocenters. The molecule has 2 rings (SSSR count). The normalized spacial score (nSPS) is 16.9. The molecule has 0 heterocycles. The van der Waals surface area contributed by atoms with E-state index in [-0.39, 0.29) is 23.8 Å². The van der Waals surface area contributed by atoms with E-state index in [1.54, 1.807) is 6.07 Å². The maximum absolute atomic E-state index is 12.6. The van der Waals surface area contributed by atoms with Crippen LogP contribution < -0.4 is 10.6 Å². The van der Waals surface area contributed by atoms with Gasteiger partial charge in [-0.05, 0) is 46.8 Å². The Morgan fingerprint density at radius 3 is 2.39 bits per heavy atom. The van der Waals surface area contributed by atoms with Gasteiger partial charge in [0.25, 0.3) is 5.91 Å². The SMILES string of the molecule is CC(C)C(NC(=O)c1ccccc1Br)C(=O)NC1CCCCC1. The van der Waals surface area contributed by atoms with Crippen molar-refractivity contribution in [2.75, 3.05) is 0 Å². The number of hydrogen-bond donors (Lipinski definition) is 2. The third-order valence-corrected chi connectivity index (χ3v) is 5.00. The Hall–Kier alpha value is -1.36. The van der Waals surface area contributed by atoms with E-state index < -0.39 is 6.04 Å². The highest BCUT2D eigenvalue weighted by atomic mass is 79.9. The van der Waals surface area contributed by atoms with Crippen LogP contribution in [-0.4, -0.2) is 23.9 Å². The summed E-state index contributed by atoms with van der Waals surface area (Å²) in [6, 6.07) is 6.97. The van der Waals surface area contributed by atoms with Gasteiger partial charge in [0.1, 0.15) is 6.04 Å². The molecule has 0 saturated heterocycles. The fraction of sp³-hybridized carbons (Fsp3) is 0.556. The van der Waals surface area contributed by atoms with Crippen LogP contribution in [0.15, 0.2) is 28.7 Å². The van der Waals surface area contributed by atoms with Gasteiger partial charge >= 0.3 is 0 Å². The van der Waals surface area contributed by atoms with Gasteiger partial charge in [-0.1, -0.05) is 45.2 Å². The average Bonchev–Trinajstić information content (AvgIpc) is 2.53. The number of halogens is 1. The summed E-state index contributed by atoms with van der Waals surface area (Å²) in [6.45, 7) is 3.90. The lowest BCUT2D eigenvalue weighted by molar-refractivity contribution is -0.124. The zero-order valence-electron chi connectivity index (χ0n) is 13.8. The molecule has 0 radical (unpaired) electrons. The average molecular weight is 381 g/mol. The first-order valence-corrected chi connectivity index (χ1v) is 9.14. The molecule has 1 aliphatic rings. The fourth-order valence-corrected chi connectivity index (χ4v) is 3.40. The molecule has 1 fully saturated rings. The van der Waals surface area contributed by atoms with Gasteiger partial charge in [0.2, 0.25) is 5.91 Å². The van der Waals surface area contributed by atoms with Crippen molar-refractivity contribution >= 4 is 27.7 Å². The van der Waals surface area contributed by atoms with Gasteiger partial charge in [0.15, 0.2) is 0 Å². The lowest BCUT2D eigenvalue weighted by Gasteiger charge is -2.27. The molecule has 0 spiro atoms. The maximum atomic E-state index is 12.6. The van der Waals surface area contributed by atoms with Crippen LogP contribution in [0.2, 0.25) is 0 Å². The van der Waals surface area contributed by atoms with Gasteiger partial charge in [-0.25, -0.2) is 0 Å². The Balaban J connectivity index is 2.01. The molecule has 0 aromatic heterocycles. The van der Waals surface area contributed by atoms with Gasteiger partial charge in [-0.15, -0.1) is 0 Å². The molecule has 1 aromatic rings. The van der Waals surface area contributed by atoms with Crippen molar-refractivity contribution < 1.29 is 9.59 Å². The Morgan fingerprint density at radius 2 is 1.78 bits per heavy atom. The summed E-state index contributed by atoms with van der Waals surface area (Å²) in [5, 5.41) is 5.99. The number of rotatable bonds is 5. The van der Waals surface area contributed by atoms with Crippen molar-refractivity contribution in [1.29, 1.82) is 0 Å². The Morgan fingerprint density at radius 1 is 1.13 bits per heavy atom. The lowest BCUT2D eigenvalue weighted by Crippen LogP contribution is -2.52. The highest BCUT2D eigenvalue weighted by molar-refractivity contribution is 9.10. The van der Waals surface area contributed by atoms with Crippen molar-refractivity contribution in [2.45, 2.75) is 58.0 Å². The smallest absolute Gasteiger partial charge is 0.253 e. The molecule has 23 heavy (non-hydrogen) atoms. The van der Waals surface area contributed by atoms with Crippen LogP contribution in [0.5, 0.6) is 0 Å².